The molecule has 0 bridgehead atoms. The van der Waals surface area contributed by atoms with E-state index in [1.165, 1.54) is 11.8 Å². The van der Waals surface area contributed by atoms with E-state index in [9.17, 15) is 0 Å². The van der Waals surface area contributed by atoms with E-state index in [0.29, 0.717) is 12.3 Å². The van der Waals surface area contributed by atoms with Crippen LogP contribution in [-0.4, -0.2) is 15.0 Å². The molecule has 0 radical (unpaired) electrons. The first kappa shape index (κ1) is 15.9. The van der Waals surface area contributed by atoms with Crippen LogP contribution in [0.1, 0.15) is 29.7 Å². The number of nitrogens with zero attached hydrogens (tertiary/aromatic N) is 3. The summed E-state index contributed by atoms with van der Waals surface area (Å²) in [5.74, 6) is -0.733. The third kappa shape index (κ3) is 3.99. The fraction of sp³-hybridized carbons (Fsp3) is 0.250. The highest BCUT2D eigenvalue weighted by Gasteiger charge is 2.16. The van der Waals surface area contributed by atoms with Crippen molar-refractivity contribution in [2.45, 2.75) is 25.9 Å². The predicted octanol–water partition coefficient (Wildman–Crippen LogP) is 2.51. The van der Waals surface area contributed by atoms with E-state index in [0.717, 1.165) is 12.0 Å². The second-order valence-electron chi connectivity index (χ2n) is 4.69. The molecule has 6 heteroatoms. The van der Waals surface area contributed by atoms with Crippen molar-refractivity contribution in [1.29, 1.82) is 5.26 Å². The molecule has 2 aromatic rings. The van der Waals surface area contributed by atoms with Crippen molar-refractivity contribution >= 4 is 17.2 Å². The molecule has 0 aliphatic rings. The van der Waals surface area contributed by atoms with E-state index >= 15 is 0 Å². The molecule has 2 N–H and O–H groups in total. The molecule has 1 heterocycles. The number of hydrogen-bond donors (Lipinski definition) is 1. The molecular formula is C16H16N4OS. The second kappa shape index (κ2) is 7.48. The predicted molar refractivity (Wildman–Crippen MR) is 87.3 cm³/mol. The van der Waals surface area contributed by atoms with E-state index < -0.39 is 5.92 Å². The minimum absolute atomic E-state index is 0.0859. The summed E-state index contributed by atoms with van der Waals surface area (Å²) in [7, 11) is 0. The Bertz CT molecular complexity index is 711. The maximum Gasteiger partial charge on any atom is 0.316 e. The molecule has 1 aromatic heterocycles. The molecule has 2 rings (SSSR count). The van der Waals surface area contributed by atoms with E-state index in [1.807, 2.05) is 18.2 Å². The van der Waals surface area contributed by atoms with Crippen molar-refractivity contribution in [3.05, 3.63) is 53.3 Å². The molecule has 0 aliphatic heterocycles. The Morgan fingerprint density at radius 3 is 2.86 bits per heavy atom. The molecule has 0 aliphatic carbocycles. The lowest BCUT2D eigenvalue weighted by atomic mass is 10.1. The molecule has 0 amide bonds. The highest BCUT2D eigenvalue weighted by Crippen LogP contribution is 2.16. The lowest BCUT2D eigenvalue weighted by Gasteiger charge is -2.09. The van der Waals surface area contributed by atoms with Gasteiger partial charge in [0.2, 0.25) is 0 Å². The summed E-state index contributed by atoms with van der Waals surface area (Å²) in [4.78, 5) is 8.33. The summed E-state index contributed by atoms with van der Waals surface area (Å²) in [6.07, 6.45) is 2.50. The average Bonchev–Trinajstić information content (AvgIpc) is 2.54. The van der Waals surface area contributed by atoms with Gasteiger partial charge in [-0.1, -0.05) is 43.4 Å². The number of hydrogen-bond acceptors (Lipinski definition) is 5. The van der Waals surface area contributed by atoms with Gasteiger partial charge in [0.1, 0.15) is 12.5 Å². The van der Waals surface area contributed by atoms with Gasteiger partial charge >= 0.3 is 6.01 Å². The van der Waals surface area contributed by atoms with Crippen molar-refractivity contribution in [2.75, 3.05) is 0 Å². The summed E-state index contributed by atoms with van der Waals surface area (Å²) in [5.41, 5.74) is 8.27. The first-order valence-electron chi connectivity index (χ1n) is 6.86. The Kier molecular flexibility index (Phi) is 5.39. The zero-order valence-electron chi connectivity index (χ0n) is 12.2. The number of nitrogens with two attached hydrogens (primary N) is 1. The van der Waals surface area contributed by atoms with Gasteiger partial charge in [-0.2, -0.15) is 10.2 Å². The van der Waals surface area contributed by atoms with Crippen molar-refractivity contribution in [3.63, 3.8) is 0 Å². The van der Waals surface area contributed by atoms with Crippen LogP contribution in [0.25, 0.3) is 0 Å². The van der Waals surface area contributed by atoms with Crippen LogP contribution in [0.2, 0.25) is 0 Å². The quantitative estimate of drug-likeness (QED) is 0.825. The smallest absolute Gasteiger partial charge is 0.316 e. The fourth-order valence-electron chi connectivity index (χ4n) is 1.95. The molecular weight excluding hydrogens is 296 g/mol. The minimum Gasteiger partial charge on any atom is -0.459 e. The Morgan fingerprint density at radius 1 is 1.41 bits per heavy atom. The van der Waals surface area contributed by atoms with Crippen LogP contribution in [0.15, 0.2) is 36.5 Å². The maximum atomic E-state index is 9.09. The molecule has 1 unspecified atom stereocenters. The lowest BCUT2D eigenvalue weighted by Crippen LogP contribution is -2.19. The van der Waals surface area contributed by atoms with Crippen LogP contribution in [0.5, 0.6) is 6.01 Å². The number of thiocarbonyl (C=S) groups is 1. The largest absolute Gasteiger partial charge is 0.459 e. The topological polar surface area (TPSA) is 84.8 Å². The molecule has 22 heavy (non-hydrogen) atoms. The Labute approximate surface area is 134 Å². The van der Waals surface area contributed by atoms with E-state index in [-0.39, 0.29) is 11.0 Å². The molecule has 0 saturated carbocycles. The van der Waals surface area contributed by atoms with Gasteiger partial charge in [-0.15, -0.1) is 0 Å². The third-order valence-corrected chi connectivity index (χ3v) is 3.37. The maximum absolute atomic E-state index is 9.09. The first-order chi connectivity index (χ1) is 10.6. The van der Waals surface area contributed by atoms with Gasteiger partial charge in [0.25, 0.3) is 0 Å². The molecule has 5 nitrogen and oxygen atoms in total. The number of nitriles is 1. The highest BCUT2D eigenvalue weighted by molar-refractivity contribution is 7.80. The van der Waals surface area contributed by atoms with Crippen LogP contribution < -0.4 is 10.5 Å². The Morgan fingerprint density at radius 2 is 2.18 bits per heavy atom. The van der Waals surface area contributed by atoms with E-state index in [2.05, 4.69) is 29.0 Å². The van der Waals surface area contributed by atoms with Crippen molar-refractivity contribution in [2.24, 2.45) is 5.73 Å². The standard InChI is InChI=1S/C16H16N4OS/c1-2-11-4-3-5-12(8-11)10-21-16-19-7-6-14(20-16)13(9-17)15(18)22/h3-8,13H,2,10H2,1H3,(H2,18,22). The van der Waals surface area contributed by atoms with Gasteiger partial charge in [0, 0.05) is 6.20 Å². The highest BCUT2D eigenvalue weighted by atomic mass is 32.1. The Balaban J connectivity index is 2.10. The van der Waals surface area contributed by atoms with Gasteiger partial charge < -0.3 is 10.5 Å². The SMILES string of the molecule is CCc1cccc(COc2nccc(C(C#N)C(N)=S)n2)c1. The number of rotatable bonds is 6. The van der Waals surface area contributed by atoms with Crippen LogP contribution in [0.4, 0.5) is 0 Å². The molecule has 1 atom stereocenters. The minimum atomic E-state index is -0.733. The molecule has 0 saturated heterocycles. The summed E-state index contributed by atoms with van der Waals surface area (Å²) >= 11 is 4.86. The average molecular weight is 312 g/mol. The van der Waals surface area contributed by atoms with Gasteiger partial charge in [-0.3, -0.25) is 0 Å². The molecule has 0 spiro atoms. The zero-order valence-corrected chi connectivity index (χ0v) is 13.0. The summed E-state index contributed by atoms with van der Waals surface area (Å²) < 4.78 is 5.59. The van der Waals surface area contributed by atoms with Crippen LogP contribution in [0.3, 0.4) is 0 Å². The second-order valence-corrected chi connectivity index (χ2v) is 5.16. The summed E-state index contributed by atoms with van der Waals surface area (Å²) in [6, 6.07) is 12.0. The summed E-state index contributed by atoms with van der Waals surface area (Å²) in [5, 5.41) is 9.09. The number of aryl methyl sites for hydroxylation is 1. The van der Waals surface area contributed by atoms with Crippen LogP contribution in [0, 0.1) is 11.3 Å². The van der Waals surface area contributed by atoms with Crippen LogP contribution >= 0.6 is 12.2 Å². The summed E-state index contributed by atoms with van der Waals surface area (Å²) in [6.45, 7) is 2.46. The van der Waals surface area contributed by atoms with Gasteiger partial charge in [-0.05, 0) is 23.6 Å². The molecule has 112 valence electrons. The third-order valence-electron chi connectivity index (χ3n) is 3.13. The Hall–Kier alpha value is -2.52. The first-order valence-corrected chi connectivity index (χ1v) is 7.27. The van der Waals surface area contributed by atoms with Crippen molar-refractivity contribution < 1.29 is 4.74 Å². The van der Waals surface area contributed by atoms with E-state index in [4.69, 9.17) is 28.0 Å². The zero-order chi connectivity index (χ0) is 15.9. The van der Waals surface area contributed by atoms with Gasteiger partial charge in [0.15, 0.2) is 0 Å². The molecule has 1 aromatic carbocycles. The fourth-order valence-corrected chi connectivity index (χ4v) is 2.12. The van der Waals surface area contributed by atoms with Crippen molar-refractivity contribution in [1.82, 2.24) is 9.97 Å². The van der Waals surface area contributed by atoms with Crippen molar-refractivity contribution in [3.8, 4) is 12.1 Å². The lowest BCUT2D eigenvalue weighted by molar-refractivity contribution is 0.279. The van der Waals surface area contributed by atoms with Gasteiger partial charge in [0.05, 0.1) is 16.8 Å². The normalized spacial score (nSPS) is 11.5. The number of benzene rings is 1. The van der Waals surface area contributed by atoms with E-state index in [1.54, 1.807) is 6.07 Å². The van der Waals surface area contributed by atoms with Gasteiger partial charge in [-0.25, -0.2) is 4.98 Å². The molecule has 0 fully saturated rings. The monoisotopic (exact) mass is 312 g/mol. The van der Waals surface area contributed by atoms with Crippen LogP contribution in [-0.2, 0) is 13.0 Å². The number of ether oxygens (including phenoxy) is 1. The number of aromatic nitrogens is 2.